The molecule has 1 heterocycles. The summed E-state index contributed by atoms with van der Waals surface area (Å²) < 4.78 is 11.3. The first-order chi connectivity index (χ1) is 8.88. The predicted molar refractivity (Wildman–Crippen MR) is 73.3 cm³/mol. The summed E-state index contributed by atoms with van der Waals surface area (Å²) in [6.45, 7) is 5.92. The van der Waals surface area contributed by atoms with Gasteiger partial charge in [-0.3, -0.25) is 0 Å². The Morgan fingerprint density at radius 2 is 1.89 bits per heavy atom. The van der Waals surface area contributed by atoms with E-state index in [-0.39, 0.29) is 0 Å². The smallest absolute Gasteiger partial charge is 0.119 e. The number of hydrogen-bond donors (Lipinski definition) is 1. The van der Waals surface area contributed by atoms with E-state index in [1.54, 1.807) is 0 Å². The Balaban J connectivity index is 1.75. The summed E-state index contributed by atoms with van der Waals surface area (Å²) >= 11 is 0. The van der Waals surface area contributed by atoms with Crippen LogP contribution in [0.25, 0.3) is 0 Å². The van der Waals surface area contributed by atoms with Crippen molar-refractivity contribution in [3.63, 3.8) is 0 Å². The van der Waals surface area contributed by atoms with E-state index in [1.165, 1.54) is 12.8 Å². The van der Waals surface area contributed by atoms with E-state index < -0.39 is 0 Å². The lowest BCUT2D eigenvalue weighted by atomic mass is 10.0. The number of piperidine rings is 1. The highest BCUT2D eigenvalue weighted by Crippen LogP contribution is 2.19. The molecule has 0 saturated carbocycles. The first-order valence-electron chi connectivity index (χ1n) is 6.95. The van der Waals surface area contributed by atoms with Crippen LogP contribution in [-0.4, -0.2) is 26.3 Å². The van der Waals surface area contributed by atoms with E-state index in [9.17, 15) is 0 Å². The second kappa shape index (κ2) is 7.27. The molecule has 1 atom stereocenters. The fourth-order valence-corrected chi connectivity index (χ4v) is 2.13. The molecule has 18 heavy (non-hydrogen) atoms. The van der Waals surface area contributed by atoms with Gasteiger partial charge in [0.15, 0.2) is 0 Å². The van der Waals surface area contributed by atoms with Crippen LogP contribution in [0.2, 0.25) is 0 Å². The third-order valence-corrected chi connectivity index (χ3v) is 3.18. The molecule has 1 N–H and O–H groups in total. The fraction of sp³-hybridized carbons (Fsp3) is 0.600. The zero-order valence-corrected chi connectivity index (χ0v) is 11.2. The van der Waals surface area contributed by atoms with Gasteiger partial charge in [-0.15, -0.1) is 0 Å². The van der Waals surface area contributed by atoms with Gasteiger partial charge in [-0.05, 0) is 50.1 Å². The summed E-state index contributed by atoms with van der Waals surface area (Å²) in [5.41, 5.74) is 0. The molecule has 1 aromatic rings. The highest BCUT2D eigenvalue weighted by molar-refractivity contribution is 5.31. The zero-order valence-electron chi connectivity index (χ0n) is 11.2. The van der Waals surface area contributed by atoms with Gasteiger partial charge in [0, 0.05) is 12.5 Å². The van der Waals surface area contributed by atoms with Crippen LogP contribution in [0.15, 0.2) is 24.3 Å². The third-order valence-electron chi connectivity index (χ3n) is 3.18. The SMILES string of the molecule is CCCOc1ccc(OCC2CCCNC2)cc1. The van der Waals surface area contributed by atoms with Crippen LogP contribution >= 0.6 is 0 Å². The fourth-order valence-electron chi connectivity index (χ4n) is 2.13. The number of nitrogens with one attached hydrogen (secondary N) is 1. The minimum atomic E-state index is 0.648. The highest BCUT2D eigenvalue weighted by Gasteiger charge is 2.13. The first kappa shape index (κ1) is 13.2. The minimum absolute atomic E-state index is 0.648. The average molecular weight is 249 g/mol. The van der Waals surface area contributed by atoms with E-state index in [4.69, 9.17) is 9.47 Å². The van der Waals surface area contributed by atoms with Gasteiger partial charge in [0.2, 0.25) is 0 Å². The normalized spacial score (nSPS) is 19.5. The lowest BCUT2D eigenvalue weighted by Gasteiger charge is -2.22. The minimum Gasteiger partial charge on any atom is -0.494 e. The Morgan fingerprint density at radius 1 is 1.17 bits per heavy atom. The molecule has 1 unspecified atom stereocenters. The maximum absolute atomic E-state index is 5.81. The Bertz CT molecular complexity index is 331. The summed E-state index contributed by atoms with van der Waals surface area (Å²) in [6.07, 6.45) is 3.56. The molecule has 0 bridgehead atoms. The maximum Gasteiger partial charge on any atom is 0.119 e. The van der Waals surface area contributed by atoms with Crippen LogP contribution in [0, 0.1) is 5.92 Å². The van der Waals surface area contributed by atoms with Crippen LogP contribution in [-0.2, 0) is 0 Å². The highest BCUT2D eigenvalue weighted by atomic mass is 16.5. The van der Waals surface area contributed by atoms with Gasteiger partial charge in [0.25, 0.3) is 0 Å². The average Bonchev–Trinajstić information content (AvgIpc) is 2.45. The number of hydrogen-bond acceptors (Lipinski definition) is 3. The molecule has 0 amide bonds. The molecule has 1 fully saturated rings. The molecule has 0 aromatic heterocycles. The third kappa shape index (κ3) is 4.22. The van der Waals surface area contributed by atoms with E-state index in [1.807, 2.05) is 24.3 Å². The zero-order chi connectivity index (χ0) is 12.6. The molecule has 1 aliphatic rings. The van der Waals surface area contributed by atoms with Crippen molar-refractivity contribution in [2.24, 2.45) is 5.92 Å². The molecule has 1 aromatic carbocycles. The van der Waals surface area contributed by atoms with Gasteiger partial charge in [-0.1, -0.05) is 6.92 Å². The molecule has 2 rings (SSSR count). The molecule has 1 aliphatic heterocycles. The summed E-state index contributed by atoms with van der Waals surface area (Å²) in [7, 11) is 0. The topological polar surface area (TPSA) is 30.5 Å². The van der Waals surface area contributed by atoms with Crippen LogP contribution in [0.3, 0.4) is 0 Å². The summed E-state index contributed by atoms with van der Waals surface area (Å²) in [5.74, 6) is 2.50. The van der Waals surface area contributed by atoms with Crippen molar-refractivity contribution in [2.45, 2.75) is 26.2 Å². The number of benzene rings is 1. The predicted octanol–water partition coefficient (Wildman–Crippen LogP) is 2.85. The Labute approximate surface area is 109 Å². The monoisotopic (exact) mass is 249 g/mol. The van der Waals surface area contributed by atoms with Crippen LogP contribution < -0.4 is 14.8 Å². The van der Waals surface area contributed by atoms with Gasteiger partial charge in [-0.2, -0.15) is 0 Å². The Kier molecular flexibility index (Phi) is 5.34. The van der Waals surface area contributed by atoms with Gasteiger partial charge in [-0.25, -0.2) is 0 Å². The van der Waals surface area contributed by atoms with Gasteiger partial charge < -0.3 is 14.8 Å². The number of ether oxygens (including phenoxy) is 2. The van der Waals surface area contributed by atoms with Crippen molar-refractivity contribution >= 4 is 0 Å². The van der Waals surface area contributed by atoms with Crippen LogP contribution in [0.1, 0.15) is 26.2 Å². The largest absolute Gasteiger partial charge is 0.494 e. The second-order valence-corrected chi connectivity index (χ2v) is 4.84. The van der Waals surface area contributed by atoms with Crippen LogP contribution in [0.5, 0.6) is 11.5 Å². The maximum atomic E-state index is 5.81. The van der Waals surface area contributed by atoms with Crippen molar-refractivity contribution in [3.8, 4) is 11.5 Å². The molecule has 100 valence electrons. The van der Waals surface area contributed by atoms with Crippen molar-refractivity contribution in [1.82, 2.24) is 5.32 Å². The molecule has 1 saturated heterocycles. The van der Waals surface area contributed by atoms with E-state index in [2.05, 4.69) is 12.2 Å². The lowest BCUT2D eigenvalue weighted by molar-refractivity contribution is 0.218. The quantitative estimate of drug-likeness (QED) is 0.841. The van der Waals surface area contributed by atoms with E-state index >= 15 is 0 Å². The van der Waals surface area contributed by atoms with E-state index in [0.717, 1.165) is 44.2 Å². The molecule has 0 aliphatic carbocycles. The van der Waals surface area contributed by atoms with E-state index in [0.29, 0.717) is 5.92 Å². The first-order valence-corrected chi connectivity index (χ1v) is 6.95. The van der Waals surface area contributed by atoms with Crippen molar-refractivity contribution in [2.75, 3.05) is 26.3 Å². The van der Waals surface area contributed by atoms with Crippen molar-refractivity contribution in [3.05, 3.63) is 24.3 Å². The van der Waals surface area contributed by atoms with Crippen molar-refractivity contribution < 1.29 is 9.47 Å². The number of rotatable bonds is 6. The molecule has 3 heteroatoms. The summed E-state index contributed by atoms with van der Waals surface area (Å²) in [6, 6.07) is 7.93. The standard InChI is InChI=1S/C15H23NO2/c1-2-10-17-14-5-7-15(8-6-14)18-12-13-4-3-9-16-11-13/h5-8,13,16H,2-4,9-12H2,1H3. The van der Waals surface area contributed by atoms with Gasteiger partial charge in [0.1, 0.15) is 11.5 Å². The van der Waals surface area contributed by atoms with Gasteiger partial charge >= 0.3 is 0 Å². The van der Waals surface area contributed by atoms with Crippen LogP contribution in [0.4, 0.5) is 0 Å². The Hall–Kier alpha value is -1.22. The molecule has 0 spiro atoms. The summed E-state index contributed by atoms with van der Waals surface area (Å²) in [4.78, 5) is 0. The second-order valence-electron chi connectivity index (χ2n) is 4.84. The molecular formula is C15H23NO2. The Morgan fingerprint density at radius 3 is 2.50 bits per heavy atom. The molecular weight excluding hydrogens is 226 g/mol. The summed E-state index contributed by atoms with van der Waals surface area (Å²) in [5, 5.41) is 3.40. The lowest BCUT2D eigenvalue weighted by Crippen LogP contribution is -2.33. The molecule has 0 radical (unpaired) electrons. The van der Waals surface area contributed by atoms with Gasteiger partial charge in [0.05, 0.1) is 13.2 Å². The molecule has 3 nitrogen and oxygen atoms in total. The van der Waals surface area contributed by atoms with Crippen molar-refractivity contribution in [1.29, 1.82) is 0 Å².